The van der Waals surface area contributed by atoms with Gasteiger partial charge in [0.05, 0.1) is 60.3 Å². The molecule has 0 unspecified atom stereocenters. The van der Waals surface area contributed by atoms with Gasteiger partial charge < -0.3 is 24.6 Å². The van der Waals surface area contributed by atoms with Crippen LogP contribution in [0.2, 0.25) is 0 Å². The summed E-state index contributed by atoms with van der Waals surface area (Å²) >= 11 is 0. The average molecular weight is 572 g/mol. The Morgan fingerprint density at radius 2 is 1.86 bits per heavy atom. The second-order valence-corrected chi connectivity index (χ2v) is 10.1. The summed E-state index contributed by atoms with van der Waals surface area (Å²) in [5, 5.41) is 3.15. The highest BCUT2D eigenvalue weighted by atomic mass is 19.1. The molecule has 2 aliphatic heterocycles. The maximum Gasteiger partial charge on any atom is 0.258 e. The first-order valence-corrected chi connectivity index (χ1v) is 13.3. The van der Waals surface area contributed by atoms with Crippen molar-refractivity contribution >= 4 is 29.0 Å². The third kappa shape index (κ3) is 5.14. The maximum atomic E-state index is 14.8. The maximum absolute atomic E-state index is 14.8. The third-order valence-electron chi connectivity index (χ3n) is 7.37. The molecule has 0 aliphatic carbocycles. The van der Waals surface area contributed by atoms with Crippen LogP contribution in [0.15, 0.2) is 60.8 Å². The van der Waals surface area contributed by atoms with Gasteiger partial charge in [0.1, 0.15) is 29.8 Å². The van der Waals surface area contributed by atoms with Gasteiger partial charge in [0, 0.05) is 13.1 Å². The van der Waals surface area contributed by atoms with Crippen molar-refractivity contribution in [1.29, 1.82) is 0 Å². The molecule has 4 aromatic rings. The molecule has 42 heavy (non-hydrogen) atoms. The number of ether oxygens (including phenoxy) is 2. The lowest BCUT2D eigenvalue weighted by Gasteiger charge is -2.26. The van der Waals surface area contributed by atoms with E-state index in [0.717, 1.165) is 23.3 Å². The van der Waals surface area contributed by atoms with E-state index in [1.54, 1.807) is 35.2 Å². The minimum absolute atomic E-state index is 0.00714. The molecule has 4 heterocycles. The molecule has 6 rings (SSSR count). The van der Waals surface area contributed by atoms with Crippen LogP contribution in [0.1, 0.15) is 27.2 Å². The largest absolute Gasteiger partial charge is 0.497 e. The number of amides is 2. The molecule has 2 amide bonds. The van der Waals surface area contributed by atoms with Crippen molar-refractivity contribution in [3.8, 4) is 17.0 Å². The van der Waals surface area contributed by atoms with Crippen LogP contribution in [-0.2, 0) is 22.6 Å². The van der Waals surface area contributed by atoms with Crippen molar-refractivity contribution in [3.05, 3.63) is 94.8 Å². The van der Waals surface area contributed by atoms with Crippen LogP contribution in [0.3, 0.4) is 0 Å². The van der Waals surface area contributed by atoms with Gasteiger partial charge >= 0.3 is 0 Å². The Kier molecular flexibility index (Phi) is 7.26. The minimum Gasteiger partial charge on any atom is -0.497 e. The number of carbonyl (C=O) groups is 2. The zero-order chi connectivity index (χ0) is 29.4. The number of benzene rings is 2. The van der Waals surface area contributed by atoms with Crippen molar-refractivity contribution in [3.63, 3.8) is 0 Å². The van der Waals surface area contributed by atoms with Crippen LogP contribution >= 0.6 is 0 Å². The Morgan fingerprint density at radius 1 is 1.05 bits per heavy atom. The quantitative estimate of drug-likeness (QED) is 0.334. The van der Waals surface area contributed by atoms with Gasteiger partial charge in [-0.05, 0) is 60.5 Å². The van der Waals surface area contributed by atoms with Gasteiger partial charge in [-0.25, -0.2) is 18.7 Å². The third-order valence-corrected chi connectivity index (χ3v) is 7.37. The SMILES string of the molecule is COc1ccc(CN2Cc3nc(-c4c(F)cccc4F)cc(Nc4ccc(N5CCOCC5=O)cn4)c3C2=O)c(C)c1. The van der Waals surface area contributed by atoms with E-state index in [1.165, 1.54) is 12.1 Å². The normalized spacial score (nSPS) is 14.8. The van der Waals surface area contributed by atoms with Crippen molar-refractivity contribution in [1.82, 2.24) is 14.9 Å². The molecule has 0 saturated carbocycles. The number of anilines is 3. The predicted octanol–water partition coefficient (Wildman–Crippen LogP) is 5.00. The molecular weight excluding hydrogens is 544 g/mol. The highest BCUT2D eigenvalue weighted by molar-refractivity contribution is 6.04. The van der Waals surface area contributed by atoms with E-state index in [-0.39, 0.29) is 36.2 Å². The molecule has 1 saturated heterocycles. The number of aryl methyl sites for hydroxylation is 1. The number of halogens is 2. The molecule has 0 spiro atoms. The number of methoxy groups -OCH3 is 1. The van der Waals surface area contributed by atoms with E-state index < -0.39 is 11.6 Å². The zero-order valence-corrected chi connectivity index (χ0v) is 23.0. The summed E-state index contributed by atoms with van der Waals surface area (Å²) in [7, 11) is 1.59. The Labute approximate surface area is 240 Å². The summed E-state index contributed by atoms with van der Waals surface area (Å²) in [5.41, 5.74) is 3.29. The number of aromatic nitrogens is 2. The van der Waals surface area contributed by atoms with Crippen molar-refractivity contribution < 1.29 is 27.8 Å². The van der Waals surface area contributed by atoms with Crippen LogP contribution in [0.4, 0.5) is 26.0 Å². The number of carbonyl (C=O) groups excluding carboxylic acids is 2. The van der Waals surface area contributed by atoms with E-state index in [4.69, 9.17) is 9.47 Å². The van der Waals surface area contributed by atoms with E-state index in [9.17, 15) is 18.4 Å². The molecule has 2 aromatic heterocycles. The fraction of sp³-hybridized carbons (Fsp3) is 0.226. The van der Waals surface area contributed by atoms with Gasteiger partial charge in [-0.15, -0.1) is 0 Å². The van der Waals surface area contributed by atoms with Gasteiger partial charge in [-0.1, -0.05) is 12.1 Å². The van der Waals surface area contributed by atoms with Gasteiger partial charge in [-0.2, -0.15) is 0 Å². The standard InChI is InChI=1S/C31H27F2N5O4/c1-18-12-21(41-2)8-6-19(18)15-37-16-26-30(31(37)40)25(13-24(35-26)29-22(32)4-3-5-23(29)33)36-27-9-7-20(14-34-27)38-10-11-42-17-28(38)39/h3-9,12-14H,10-11,15-17H2,1-2H3,(H,34,35,36). The van der Waals surface area contributed by atoms with E-state index >= 15 is 0 Å². The van der Waals surface area contributed by atoms with E-state index in [1.807, 2.05) is 25.1 Å². The number of morpholine rings is 1. The van der Waals surface area contributed by atoms with Crippen LogP contribution in [0.25, 0.3) is 11.3 Å². The number of fused-ring (bicyclic) bond motifs is 1. The second-order valence-electron chi connectivity index (χ2n) is 10.1. The van der Waals surface area contributed by atoms with Crippen LogP contribution < -0.4 is 15.0 Å². The molecule has 9 nitrogen and oxygen atoms in total. The minimum atomic E-state index is -0.763. The molecule has 214 valence electrons. The van der Waals surface area contributed by atoms with Crippen molar-refractivity contribution in [2.75, 3.05) is 37.1 Å². The first-order valence-electron chi connectivity index (χ1n) is 13.3. The van der Waals surface area contributed by atoms with Gasteiger partial charge in [-0.3, -0.25) is 9.59 Å². The van der Waals surface area contributed by atoms with Gasteiger partial charge in [0.2, 0.25) is 0 Å². The highest BCUT2D eigenvalue weighted by Crippen LogP contribution is 2.36. The zero-order valence-electron chi connectivity index (χ0n) is 23.0. The summed E-state index contributed by atoms with van der Waals surface area (Å²) in [6, 6.07) is 14.1. The molecule has 1 fully saturated rings. The van der Waals surface area contributed by atoms with E-state index in [2.05, 4.69) is 15.3 Å². The lowest BCUT2D eigenvalue weighted by atomic mass is 10.1. The van der Waals surface area contributed by atoms with Crippen LogP contribution in [0, 0.1) is 18.6 Å². The molecule has 2 aliphatic rings. The predicted molar refractivity (Wildman–Crippen MR) is 152 cm³/mol. The Bertz CT molecular complexity index is 1680. The smallest absolute Gasteiger partial charge is 0.258 e. The molecule has 11 heteroatoms. The summed E-state index contributed by atoms with van der Waals surface area (Å²) in [6.45, 7) is 3.26. The molecular formula is C31H27F2N5O4. The average Bonchev–Trinajstić information content (AvgIpc) is 3.29. The summed E-state index contributed by atoms with van der Waals surface area (Å²) in [5.74, 6) is -0.864. The fourth-order valence-electron chi connectivity index (χ4n) is 5.19. The lowest BCUT2D eigenvalue weighted by Crippen LogP contribution is -2.41. The Morgan fingerprint density at radius 3 is 2.55 bits per heavy atom. The van der Waals surface area contributed by atoms with Gasteiger partial charge in [0.15, 0.2) is 0 Å². The molecule has 0 atom stereocenters. The molecule has 0 bridgehead atoms. The first kappa shape index (κ1) is 27.3. The van der Waals surface area contributed by atoms with Crippen molar-refractivity contribution in [2.45, 2.75) is 20.0 Å². The van der Waals surface area contributed by atoms with Gasteiger partial charge in [0.25, 0.3) is 11.8 Å². The number of hydrogen-bond donors (Lipinski definition) is 1. The summed E-state index contributed by atoms with van der Waals surface area (Å²) in [4.78, 5) is 38.1. The monoisotopic (exact) mass is 571 g/mol. The number of hydrogen-bond acceptors (Lipinski definition) is 7. The summed E-state index contributed by atoms with van der Waals surface area (Å²) in [6.07, 6.45) is 1.55. The second kappa shape index (κ2) is 11.2. The molecule has 0 radical (unpaired) electrons. The number of rotatable bonds is 7. The van der Waals surface area contributed by atoms with Crippen LogP contribution in [-0.4, -0.2) is 53.6 Å². The Hall–Kier alpha value is -4.90. The molecule has 2 aromatic carbocycles. The van der Waals surface area contributed by atoms with Crippen molar-refractivity contribution in [2.24, 2.45) is 0 Å². The number of pyridine rings is 2. The lowest BCUT2D eigenvalue weighted by molar-refractivity contribution is -0.125. The van der Waals surface area contributed by atoms with Crippen LogP contribution in [0.5, 0.6) is 5.75 Å². The summed E-state index contributed by atoms with van der Waals surface area (Å²) < 4.78 is 40.1. The first-order chi connectivity index (χ1) is 20.3. The number of nitrogens with zero attached hydrogens (tertiary/aromatic N) is 4. The van der Waals surface area contributed by atoms with E-state index in [0.29, 0.717) is 53.9 Å². The Balaban J connectivity index is 1.35. The number of nitrogens with one attached hydrogen (secondary N) is 1. The molecule has 1 N–H and O–H groups in total. The topological polar surface area (TPSA) is 96.9 Å². The highest BCUT2D eigenvalue weighted by Gasteiger charge is 2.33. The fourth-order valence-corrected chi connectivity index (χ4v) is 5.19.